The highest BCUT2D eigenvalue weighted by atomic mass is 35.5. The minimum atomic E-state index is 0.353. The van der Waals surface area contributed by atoms with Gasteiger partial charge < -0.3 is 10.6 Å². The van der Waals surface area contributed by atoms with E-state index in [-0.39, 0.29) is 0 Å². The van der Waals surface area contributed by atoms with E-state index in [4.69, 9.17) is 28.9 Å². The van der Waals surface area contributed by atoms with E-state index in [1.165, 1.54) is 0 Å². The first-order chi connectivity index (χ1) is 7.06. The summed E-state index contributed by atoms with van der Waals surface area (Å²) >= 11 is 12.0. The van der Waals surface area contributed by atoms with E-state index in [1.54, 1.807) is 6.07 Å². The lowest BCUT2D eigenvalue weighted by atomic mass is 10.2. The zero-order valence-electron chi connectivity index (χ0n) is 9.00. The Balaban J connectivity index is 2.89. The molecule has 0 aliphatic rings. The number of rotatable bonds is 4. The van der Waals surface area contributed by atoms with Gasteiger partial charge in [0.25, 0.3) is 0 Å². The Labute approximate surface area is 101 Å². The van der Waals surface area contributed by atoms with Crippen molar-refractivity contribution >= 4 is 28.9 Å². The molecular formula is C11H16Cl2N2. The first-order valence-corrected chi connectivity index (χ1v) is 5.69. The highest BCUT2D eigenvalue weighted by Crippen LogP contribution is 2.29. The van der Waals surface area contributed by atoms with Crippen molar-refractivity contribution in [2.24, 2.45) is 5.73 Å². The van der Waals surface area contributed by atoms with Crippen LogP contribution in [0.15, 0.2) is 18.2 Å². The number of benzene rings is 1. The maximum Gasteiger partial charge on any atom is 0.0640 e. The van der Waals surface area contributed by atoms with E-state index >= 15 is 0 Å². The Bertz CT molecular complexity index is 328. The average molecular weight is 247 g/mol. The molecule has 2 nitrogen and oxygen atoms in total. The van der Waals surface area contributed by atoms with Gasteiger partial charge in [0.15, 0.2) is 0 Å². The predicted molar refractivity (Wildman–Crippen MR) is 68.0 cm³/mol. The van der Waals surface area contributed by atoms with Crippen molar-refractivity contribution in [1.29, 1.82) is 0 Å². The van der Waals surface area contributed by atoms with Gasteiger partial charge in [-0.25, -0.2) is 0 Å². The molecule has 84 valence electrons. The van der Waals surface area contributed by atoms with Crippen LogP contribution in [0.2, 0.25) is 10.0 Å². The first kappa shape index (κ1) is 12.6. The molecular weight excluding hydrogens is 231 g/mol. The number of anilines is 1. The maximum atomic E-state index is 6.10. The Kier molecular flexibility index (Phi) is 4.71. The predicted octanol–water partition coefficient (Wildman–Crippen LogP) is 3.17. The molecule has 0 heterocycles. The summed E-state index contributed by atoms with van der Waals surface area (Å²) in [6, 6.07) is 5.82. The quantitative estimate of drug-likeness (QED) is 0.885. The molecule has 4 heteroatoms. The largest absolute Gasteiger partial charge is 0.371 e. The summed E-state index contributed by atoms with van der Waals surface area (Å²) in [5, 5.41) is 1.41. The molecule has 0 saturated carbocycles. The monoisotopic (exact) mass is 246 g/mol. The lowest BCUT2D eigenvalue weighted by Crippen LogP contribution is -2.31. The topological polar surface area (TPSA) is 29.3 Å². The molecule has 0 aliphatic carbocycles. The fourth-order valence-corrected chi connectivity index (χ4v) is 1.85. The second-order valence-electron chi connectivity index (χ2n) is 3.63. The SMILES string of the molecule is CC(CCN)N(C)c1cc(Cl)ccc1Cl. The minimum Gasteiger partial charge on any atom is -0.371 e. The Morgan fingerprint density at radius 2 is 2.07 bits per heavy atom. The molecule has 0 spiro atoms. The van der Waals surface area contributed by atoms with Crippen molar-refractivity contribution in [3.63, 3.8) is 0 Å². The molecule has 15 heavy (non-hydrogen) atoms. The van der Waals surface area contributed by atoms with Crippen LogP contribution in [-0.4, -0.2) is 19.6 Å². The Morgan fingerprint density at radius 1 is 1.40 bits per heavy atom. The van der Waals surface area contributed by atoms with Crippen molar-refractivity contribution in [2.45, 2.75) is 19.4 Å². The van der Waals surface area contributed by atoms with E-state index in [9.17, 15) is 0 Å². The summed E-state index contributed by atoms with van der Waals surface area (Å²) in [6.45, 7) is 2.79. The summed E-state index contributed by atoms with van der Waals surface area (Å²) in [5.41, 5.74) is 6.48. The Hall–Kier alpha value is -0.440. The number of nitrogens with two attached hydrogens (primary N) is 1. The van der Waals surface area contributed by atoms with Crippen LogP contribution in [0.25, 0.3) is 0 Å². The van der Waals surface area contributed by atoms with Crippen molar-refractivity contribution in [3.8, 4) is 0 Å². The highest BCUT2D eigenvalue weighted by Gasteiger charge is 2.12. The van der Waals surface area contributed by atoms with Gasteiger partial charge >= 0.3 is 0 Å². The van der Waals surface area contributed by atoms with E-state index in [1.807, 2.05) is 19.2 Å². The second kappa shape index (κ2) is 5.59. The van der Waals surface area contributed by atoms with Crippen molar-refractivity contribution in [1.82, 2.24) is 0 Å². The van der Waals surface area contributed by atoms with Crippen LogP contribution in [0.5, 0.6) is 0 Å². The summed E-state index contributed by atoms with van der Waals surface area (Å²) in [5.74, 6) is 0. The Morgan fingerprint density at radius 3 is 2.67 bits per heavy atom. The zero-order chi connectivity index (χ0) is 11.4. The maximum absolute atomic E-state index is 6.10. The minimum absolute atomic E-state index is 0.353. The normalized spacial score (nSPS) is 12.6. The molecule has 1 atom stereocenters. The standard InChI is InChI=1S/C11H16Cl2N2/c1-8(5-6-14)15(2)11-7-9(12)3-4-10(11)13/h3-4,7-8H,5-6,14H2,1-2H3. The first-order valence-electron chi connectivity index (χ1n) is 4.94. The fourth-order valence-electron chi connectivity index (χ4n) is 1.43. The molecule has 0 amide bonds. The van der Waals surface area contributed by atoms with Gasteiger partial charge in [0.2, 0.25) is 0 Å². The number of nitrogens with zero attached hydrogens (tertiary/aromatic N) is 1. The number of hydrogen-bond acceptors (Lipinski definition) is 2. The molecule has 1 aromatic rings. The third kappa shape index (κ3) is 3.26. The lowest BCUT2D eigenvalue weighted by Gasteiger charge is -2.27. The molecule has 1 aromatic carbocycles. The van der Waals surface area contributed by atoms with Gasteiger partial charge in [-0.2, -0.15) is 0 Å². The summed E-state index contributed by atoms with van der Waals surface area (Å²) < 4.78 is 0. The van der Waals surface area contributed by atoms with Gasteiger partial charge in [-0.05, 0) is 38.1 Å². The van der Waals surface area contributed by atoms with Crippen LogP contribution in [0.3, 0.4) is 0 Å². The number of hydrogen-bond donors (Lipinski definition) is 1. The van der Waals surface area contributed by atoms with E-state index in [0.29, 0.717) is 22.6 Å². The van der Waals surface area contributed by atoms with E-state index in [2.05, 4.69) is 11.8 Å². The molecule has 1 rings (SSSR count). The molecule has 0 radical (unpaired) electrons. The molecule has 0 aliphatic heterocycles. The summed E-state index contributed by atoms with van der Waals surface area (Å²) in [7, 11) is 2.00. The summed E-state index contributed by atoms with van der Waals surface area (Å²) in [4.78, 5) is 2.10. The van der Waals surface area contributed by atoms with Crippen molar-refractivity contribution < 1.29 is 0 Å². The van der Waals surface area contributed by atoms with Crippen molar-refractivity contribution in [2.75, 3.05) is 18.5 Å². The third-order valence-corrected chi connectivity index (χ3v) is 3.09. The van der Waals surface area contributed by atoms with Gasteiger partial charge in [0.1, 0.15) is 0 Å². The molecule has 2 N–H and O–H groups in total. The van der Waals surface area contributed by atoms with Gasteiger partial charge in [-0.1, -0.05) is 23.2 Å². The van der Waals surface area contributed by atoms with Crippen LogP contribution in [0, 0.1) is 0 Å². The molecule has 0 fully saturated rings. The number of halogens is 2. The smallest absolute Gasteiger partial charge is 0.0640 e. The fraction of sp³-hybridized carbons (Fsp3) is 0.455. The van der Waals surface area contributed by atoms with E-state index in [0.717, 1.165) is 12.1 Å². The van der Waals surface area contributed by atoms with Gasteiger partial charge in [0, 0.05) is 18.1 Å². The molecule has 0 aromatic heterocycles. The third-order valence-electron chi connectivity index (χ3n) is 2.53. The van der Waals surface area contributed by atoms with Crippen LogP contribution < -0.4 is 10.6 Å². The van der Waals surface area contributed by atoms with Gasteiger partial charge in [0.05, 0.1) is 10.7 Å². The van der Waals surface area contributed by atoms with Crippen LogP contribution in [0.1, 0.15) is 13.3 Å². The lowest BCUT2D eigenvalue weighted by molar-refractivity contribution is 0.635. The molecule has 0 bridgehead atoms. The summed E-state index contributed by atoms with van der Waals surface area (Å²) in [6.07, 6.45) is 0.930. The van der Waals surface area contributed by atoms with Crippen LogP contribution >= 0.6 is 23.2 Å². The van der Waals surface area contributed by atoms with Crippen LogP contribution in [0.4, 0.5) is 5.69 Å². The zero-order valence-corrected chi connectivity index (χ0v) is 10.5. The molecule has 1 unspecified atom stereocenters. The van der Waals surface area contributed by atoms with Crippen molar-refractivity contribution in [3.05, 3.63) is 28.2 Å². The highest BCUT2D eigenvalue weighted by molar-refractivity contribution is 6.35. The van der Waals surface area contributed by atoms with Crippen LogP contribution in [-0.2, 0) is 0 Å². The van der Waals surface area contributed by atoms with E-state index < -0.39 is 0 Å². The average Bonchev–Trinajstić information content (AvgIpc) is 2.21. The second-order valence-corrected chi connectivity index (χ2v) is 4.48. The molecule has 0 saturated heterocycles. The van der Waals surface area contributed by atoms with Gasteiger partial charge in [-0.15, -0.1) is 0 Å². The van der Waals surface area contributed by atoms with Gasteiger partial charge in [-0.3, -0.25) is 0 Å².